The zero-order valence-electron chi connectivity index (χ0n) is 15.2. The molecule has 0 bridgehead atoms. The molecule has 0 spiro atoms. The van der Waals surface area contributed by atoms with Crippen molar-refractivity contribution in [2.24, 2.45) is 0 Å². The summed E-state index contributed by atoms with van der Waals surface area (Å²) >= 11 is 0. The van der Waals surface area contributed by atoms with Crippen LogP contribution < -0.4 is 10.6 Å². The van der Waals surface area contributed by atoms with Gasteiger partial charge in [-0.2, -0.15) is 4.31 Å². The Morgan fingerprint density at radius 3 is 2.46 bits per heavy atom. The largest absolute Gasteiger partial charge is 0.379 e. The van der Waals surface area contributed by atoms with E-state index in [1.165, 1.54) is 28.6 Å². The van der Waals surface area contributed by atoms with Crippen molar-refractivity contribution in [1.82, 2.24) is 14.9 Å². The van der Waals surface area contributed by atoms with Gasteiger partial charge in [-0.05, 0) is 39.0 Å². The van der Waals surface area contributed by atoms with Gasteiger partial charge in [-0.25, -0.2) is 8.42 Å². The number of amides is 2. The number of nitrogens with one attached hydrogen (secondary N) is 2. The lowest BCUT2D eigenvalue weighted by molar-refractivity contribution is -0.121. The molecule has 2 rings (SSSR count). The number of benzene rings is 1. The molecule has 9 heteroatoms. The molecule has 0 aliphatic carbocycles. The molecule has 1 aromatic carbocycles. The summed E-state index contributed by atoms with van der Waals surface area (Å²) in [7, 11) is -3.68. The van der Waals surface area contributed by atoms with Gasteiger partial charge < -0.3 is 15.4 Å². The number of sulfonamides is 1. The van der Waals surface area contributed by atoms with Crippen LogP contribution in [0.2, 0.25) is 0 Å². The first-order chi connectivity index (χ1) is 12.1. The fourth-order valence-corrected chi connectivity index (χ4v) is 3.91. The predicted octanol–water partition coefficient (Wildman–Crippen LogP) is 0.352. The van der Waals surface area contributed by atoms with Crippen LogP contribution in [0, 0.1) is 0 Å². The Hall–Kier alpha value is -1.97. The van der Waals surface area contributed by atoms with Crippen LogP contribution in [-0.2, 0) is 19.6 Å². The maximum Gasteiger partial charge on any atom is 0.251 e. The van der Waals surface area contributed by atoms with E-state index in [2.05, 4.69) is 10.6 Å². The number of carbonyl (C=O) groups excluding carboxylic acids is 2. The summed E-state index contributed by atoms with van der Waals surface area (Å²) in [6.45, 7) is 6.60. The van der Waals surface area contributed by atoms with E-state index >= 15 is 0 Å². The molecule has 0 radical (unpaired) electrons. The van der Waals surface area contributed by atoms with Crippen molar-refractivity contribution >= 4 is 21.8 Å². The molecule has 0 saturated carbocycles. The smallest absolute Gasteiger partial charge is 0.251 e. The van der Waals surface area contributed by atoms with E-state index in [-0.39, 0.29) is 36.0 Å². The van der Waals surface area contributed by atoms with Gasteiger partial charge in [0.05, 0.1) is 24.7 Å². The molecule has 1 aromatic rings. The van der Waals surface area contributed by atoms with E-state index in [1.807, 2.05) is 20.8 Å². The quantitative estimate of drug-likeness (QED) is 0.764. The maximum atomic E-state index is 12.7. The molecule has 1 fully saturated rings. The van der Waals surface area contributed by atoms with Crippen LogP contribution in [0.1, 0.15) is 31.1 Å². The van der Waals surface area contributed by atoms with Gasteiger partial charge in [0.15, 0.2) is 0 Å². The molecular weight excluding hydrogens is 358 g/mol. The summed E-state index contributed by atoms with van der Waals surface area (Å²) < 4.78 is 31.8. The minimum absolute atomic E-state index is 0.0474. The molecule has 1 saturated heterocycles. The second kappa shape index (κ2) is 8.15. The van der Waals surface area contributed by atoms with Crippen molar-refractivity contribution in [3.05, 3.63) is 29.8 Å². The number of hydrogen-bond acceptors (Lipinski definition) is 5. The zero-order valence-corrected chi connectivity index (χ0v) is 16.1. The van der Waals surface area contributed by atoms with Crippen molar-refractivity contribution in [2.75, 3.05) is 32.8 Å². The lowest BCUT2D eigenvalue weighted by Gasteiger charge is -2.26. The van der Waals surface area contributed by atoms with Gasteiger partial charge >= 0.3 is 0 Å². The van der Waals surface area contributed by atoms with Crippen LogP contribution >= 0.6 is 0 Å². The molecule has 0 atom stereocenters. The lowest BCUT2D eigenvalue weighted by atomic mass is 10.1. The average Bonchev–Trinajstić information content (AvgIpc) is 2.59. The number of nitrogens with zero attached hydrogens (tertiary/aromatic N) is 1. The van der Waals surface area contributed by atoms with Crippen LogP contribution in [0.15, 0.2) is 29.2 Å². The highest BCUT2D eigenvalue weighted by Gasteiger charge is 2.27. The summed E-state index contributed by atoms with van der Waals surface area (Å²) in [6, 6.07) is 5.79. The Bertz CT molecular complexity index is 765. The molecule has 0 unspecified atom stereocenters. The summed E-state index contributed by atoms with van der Waals surface area (Å²) in [5.74, 6) is -0.823. The van der Waals surface area contributed by atoms with Gasteiger partial charge in [-0.1, -0.05) is 6.07 Å². The van der Waals surface area contributed by atoms with Crippen LogP contribution in [0.25, 0.3) is 0 Å². The SMILES string of the molecule is CC(C)(C)NC(=O)CNC(=O)c1cccc(S(=O)(=O)N2CCOCC2)c1. The van der Waals surface area contributed by atoms with E-state index in [9.17, 15) is 18.0 Å². The van der Waals surface area contributed by atoms with Gasteiger partial charge in [0.2, 0.25) is 15.9 Å². The average molecular weight is 383 g/mol. The van der Waals surface area contributed by atoms with Crippen molar-refractivity contribution in [1.29, 1.82) is 0 Å². The number of morpholine rings is 1. The minimum atomic E-state index is -3.68. The molecule has 8 nitrogen and oxygen atoms in total. The molecule has 2 N–H and O–H groups in total. The summed E-state index contributed by atoms with van der Waals surface area (Å²) in [4.78, 5) is 24.1. The van der Waals surface area contributed by atoms with Crippen molar-refractivity contribution in [2.45, 2.75) is 31.2 Å². The van der Waals surface area contributed by atoms with Gasteiger partial charge in [-0.3, -0.25) is 9.59 Å². The van der Waals surface area contributed by atoms with Gasteiger partial charge in [0, 0.05) is 24.2 Å². The molecule has 1 heterocycles. The number of hydrogen-bond donors (Lipinski definition) is 2. The minimum Gasteiger partial charge on any atom is -0.379 e. The Labute approximate surface area is 153 Å². The monoisotopic (exact) mass is 383 g/mol. The molecule has 1 aliphatic rings. The third kappa shape index (κ3) is 5.52. The molecule has 2 amide bonds. The highest BCUT2D eigenvalue weighted by molar-refractivity contribution is 7.89. The fraction of sp³-hybridized carbons (Fsp3) is 0.529. The molecule has 1 aliphatic heterocycles. The molecule has 0 aromatic heterocycles. The second-order valence-corrected chi connectivity index (χ2v) is 8.96. The van der Waals surface area contributed by atoms with E-state index in [4.69, 9.17) is 4.74 Å². The van der Waals surface area contributed by atoms with Crippen LogP contribution in [0.4, 0.5) is 0 Å². The maximum absolute atomic E-state index is 12.7. The number of carbonyl (C=O) groups is 2. The lowest BCUT2D eigenvalue weighted by Crippen LogP contribution is -2.45. The Balaban J connectivity index is 2.06. The summed E-state index contributed by atoms with van der Waals surface area (Å²) in [5, 5.41) is 5.24. The number of rotatable bonds is 5. The Morgan fingerprint density at radius 2 is 1.85 bits per heavy atom. The fourth-order valence-electron chi connectivity index (χ4n) is 2.46. The van der Waals surface area contributed by atoms with Crippen LogP contribution in [-0.4, -0.2) is 62.9 Å². The zero-order chi connectivity index (χ0) is 19.4. The van der Waals surface area contributed by atoms with Crippen molar-refractivity contribution in [3.63, 3.8) is 0 Å². The number of ether oxygens (including phenoxy) is 1. The third-order valence-electron chi connectivity index (χ3n) is 3.63. The standard InChI is InChI=1S/C17H25N3O5S/c1-17(2,3)19-15(21)12-18-16(22)13-5-4-6-14(11-13)26(23,24)20-7-9-25-10-8-20/h4-6,11H,7-10,12H2,1-3H3,(H,18,22)(H,19,21). The Kier molecular flexibility index (Phi) is 6.38. The van der Waals surface area contributed by atoms with Crippen LogP contribution in [0.5, 0.6) is 0 Å². The first kappa shape index (κ1) is 20.3. The van der Waals surface area contributed by atoms with Gasteiger partial charge in [0.1, 0.15) is 0 Å². The van der Waals surface area contributed by atoms with E-state index in [0.29, 0.717) is 13.2 Å². The molecule has 144 valence electrons. The highest BCUT2D eigenvalue weighted by atomic mass is 32.2. The second-order valence-electron chi connectivity index (χ2n) is 7.03. The van der Waals surface area contributed by atoms with E-state index in [0.717, 1.165) is 0 Å². The van der Waals surface area contributed by atoms with Crippen molar-refractivity contribution < 1.29 is 22.7 Å². The summed E-state index contributed by atoms with van der Waals surface area (Å²) in [6.07, 6.45) is 0. The third-order valence-corrected chi connectivity index (χ3v) is 5.52. The predicted molar refractivity (Wildman–Crippen MR) is 96.2 cm³/mol. The van der Waals surface area contributed by atoms with Crippen LogP contribution in [0.3, 0.4) is 0 Å². The topological polar surface area (TPSA) is 105 Å². The van der Waals surface area contributed by atoms with E-state index < -0.39 is 21.5 Å². The summed E-state index contributed by atoms with van der Waals surface area (Å²) in [5.41, 5.74) is -0.212. The van der Waals surface area contributed by atoms with E-state index in [1.54, 1.807) is 0 Å². The molecular formula is C17H25N3O5S. The van der Waals surface area contributed by atoms with Gasteiger partial charge in [-0.15, -0.1) is 0 Å². The van der Waals surface area contributed by atoms with Crippen molar-refractivity contribution in [3.8, 4) is 0 Å². The van der Waals surface area contributed by atoms with Gasteiger partial charge in [0.25, 0.3) is 5.91 Å². The normalized spacial score (nSPS) is 16.1. The highest BCUT2D eigenvalue weighted by Crippen LogP contribution is 2.18. The Morgan fingerprint density at radius 1 is 1.19 bits per heavy atom. The molecule has 26 heavy (non-hydrogen) atoms. The first-order valence-corrected chi connectivity index (χ1v) is 9.81. The first-order valence-electron chi connectivity index (χ1n) is 8.37.